The predicted molar refractivity (Wildman–Crippen MR) is 94.8 cm³/mol. The molecule has 0 aromatic carbocycles. The molecular weight excluding hydrogens is 308 g/mol. The third-order valence-electron chi connectivity index (χ3n) is 3.64. The molecule has 2 heterocycles. The van der Waals surface area contributed by atoms with Gasteiger partial charge in [0.15, 0.2) is 0 Å². The van der Waals surface area contributed by atoms with E-state index in [9.17, 15) is 4.79 Å². The molecule has 0 radical (unpaired) electrons. The Kier molecular flexibility index (Phi) is 5.95. The number of nitrogens with zero attached hydrogens (tertiary/aromatic N) is 2. The van der Waals surface area contributed by atoms with E-state index in [-0.39, 0.29) is 12.1 Å². The minimum absolute atomic E-state index is 0.0635. The van der Waals surface area contributed by atoms with E-state index in [2.05, 4.69) is 24.9 Å². The summed E-state index contributed by atoms with van der Waals surface area (Å²) in [6.07, 6.45) is 4.74. The highest BCUT2D eigenvalue weighted by Gasteiger charge is 2.33. The molecule has 1 aliphatic heterocycles. The molecule has 1 atom stereocenters. The Morgan fingerprint density at radius 3 is 2.78 bits per heavy atom. The number of likely N-dealkylation sites (tertiary alicyclic amines) is 1. The molecule has 23 heavy (non-hydrogen) atoms. The second kappa shape index (κ2) is 7.56. The smallest absolute Gasteiger partial charge is 0.410 e. The van der Waals surface area contributed by atoms with Crippen molar-refractivity contribution in [1.82, 2.24) is 9.88 Å². The lowest BCUT2D eigenvalue weighted by molar-refractivity contribution is 0.00915. The van der Waals surface area contributed by atoms with Crippen LogP contribution in [0, 0.1) is 0 Å². The van der Waals surface area contributed by atoms with E-state index in [1.165, 1.54) is 0 Å². The third-order valence-corrected chi connectivity index (χ3v) is 4.67. The standard InChI is InChI=1S/C18H28N2O2S/c1-13(2)23-16-14(9-8-11-19-16)15-10-6-7-12-20(15)17(21)22-18(3,4)5/h8-9,11,13,15H,6-7,10,12H2,1-5H3/t15-/m0/s1. The molecule has 1 fully saturated rings. The number of carbonyl (C=O) groups is 1. The van der Waals surface area contributed by atoms with Crippen molar-refractivity contribution in [3.63, 3.8) is 0 Å². The van der Waals surface area contributed by atoms with Gasteiger partial charge in [0.05, 0.1) is 6.04 Å². The second-order valence-corrected chi connectivity index (χ2v) is 8.81. The van der Waals surface area contributed by atoms with Crippen LogP contribution in [0.15, 0.2) is 23.4 Å². The molecule has 1 aliphatic rings. The van der Waals surface area contributed by atoms with Crippen LogP contribution in [-0.4, -0.2) is 33.4 Å². The molecule has 0 spiro atoms. The molecule has 128 valence electrons. The van der Waals surface area contributed by atoms with Crippen molar-refractivity contribution in [2.75, 3.05) is 6.54 Å². The number of hydrogen-bond donors (Lipinski definition) is 0. The molecule has 0 unspecified atom stereocenters. The van der Waals surface area contributed by atoms with Crippen molar-refractivity contribution in [3.8, 4) is 0 Å². The summed E-state index contributed by atoms with van der Waals surface area (Å²) in [5.74, 6) is 0. The lowest BCUT2D eigenvalue weighted by Gasteiger charge is -2.37. The summed E-state index contributed by atoms with van der Waals surface area (Å²) < 4.78 is 5.61. The zero-order valence-corrected chi connectivity index (χ0v) is 15.7. The first-order valence-corrected chi connectivity index (χ1v) is 9.27. The Hall–Kier alpha value is -1.23. The summed E-state index contributed by atoms with van der Waals surface area (Å²) in [4.78, 5) is 19.0. The predicted octanol–water partition coefficient (Wildman–Crippen LogP) is 5.04. The number of carbonyl (C=O) groups excluding carboxylic acids is 1. The van der Waals surface area contributed by atoms with Gasteiger partial charge in [-0.1, -0.05) is 19.9 Å². The molecule has 5 heteroatoms. The Bertz CT molecular complexity index is 540. The van der Waals surface area contributed by atoms with Gasteiger partial charge in [0, 0.05) is 23.6 Å². The van der Waals surface area contributed by atoms with Crippen LogP contribution in [-0.2, 0) is 4.74 Å². The number of hydrogen-bond acceptors (Lipinski definition) is 4. The van der Waals surface area contributed by atoms with Crippen molar-refractivity contribution >= 4 is 17.9 Å². The lowest BCUT2D eigenvalue weighted by Crippen LogP contribution is -2.42. The molecule has 1 amide bonds. The van der Waals surface area contributed by atoms with Gasteiger partial charge in [-0.2, -0.15) is 0 Å². The molecule has 1 saturated heterocycles. The quantitative estimate of drug-likeness (QED) is 0.725. The van der Waals surface area contributed by atoms with E-state index in [0.29, 0.717) is 5.25 Å². The fourth-order valence-corrected chi connectivity index (χ4v) is 3.68. The maximum atomic E-state index is 12.6. The van der Waals surface area contributed by atoms with Gasteiger partial charge in [-0.05, 0) is 46.1 Å². The van der Waals surface area contributed by atoms with Crippen LogP contribution in [0.4, 0.5) is 4.79 Å². The minimum atomic E-state index is -0.469. The number of rotatable bonds is 3. The van der Waals surface area contributed by atoms with Gasteiger partial charge in [0.2, 0.25) is 0 Å². The highest BCUT2D eigenvalue weighted by molar-refractivity contribution is 7.99. The summed E-state index contributed by atoms with van der Waals surface area (Å²) in [5.41, 5.74) is 0.681. The molecule has 0 aliphatic carbocycles. The van der Waals surface area contributed by atoms with E-state index in [1.807, 2.05) is 37.9 Å². The third kappa shape index (κ3) is 5.13. The maximum absolute atomic E-state index is 12.6. The van der Waals surface area contributed by atoms with E-state index in [1.54, 1.807) is 11.8 Å². The minimum Gasteiger partial charge on any atom is -0.444 e. The zero-order chi connectivity index (χ0) is 17.0. The van der Waals surface area contributed by atoms with Crippen LogP contribution in [0.3, 0.4) is 0 Å². The lowest BCUT2D eigenvalue weighted by atomic mass is 9.97. The highest BCUT2D eigenvalue weighted by atomic mass is 32.2. The van der Waals surface area contributed by atoms with E-state index in [0.717, 1.165) is 36.4 Å². The number of thioether (sulfide) groups is 1. The molecule has 0 bridgehead atoms. The zero-order valence-electron chi connectivity index (χ0n) is 14.8. The normalized spacial score (nSPS) is 19.0. The fourth-order valence-electron chi connectivity index (χ4n) is 2.77. The van der Waals surface area contributed by atoms with E-state index < -0.39 is 5.60 Å². The largest absolute Gasteiger partial charge is 0.444 e. The van der Waals surface area contributed by atoms with Crippen molar-refractivity contribution in [2.45, 2.75) is 75.8 Å². The van der Waals surface area contributed by atoms with E-state index >= 15 is 0 Å². The maximum Gasteiger partial charge on any atom is 0.410 e. The molecule has 4 nitrogen and oxygen atoms in total. The number of piperidine rings is 1. The summed E-state index contributed by atoms with van der Waals surface area (Å²) in [6.45, 7) is 10.8. The summed E-state index contributed by atoms with van der Waals surface area (Å²) >= 11 is 1.76. The number of amides is 1. The average molecular weight is 337 g/mol. The SMILES string of the molecule is CC(C)Sc1ncccc1[C@@H]1CCCCN1C(=O)OC(C)(C)C. The molecular formula is C18H28N2O2S. The first kappa shape index (κ1) is 18.1. The average Bonchev–Trinajstić information content (AvgIpc) is 2.45. The number of aromatic nitrogens is 1. The van der Waals surface area contributed by atoms with Gasteiger partial charge in [0.25, 0.3) is 0 Å². The van der Waals surface area contributed by atoms with Crippen LogP contribution in [0.2, 0.25) is 0 Å². The van der Waals surface area contributed by atoms with Crippen molar-refractivity contribution in [3.05, 3.63) is 23.9 Å². The van der Waals surface area contributed by atoms with Gasteiger partial charge in [-0.3, -0.25) is 0 Å². The van der Waals surface area contributed by atoms with Crippen molar-refractivity contribution < 1.29 is 9.53 Å². The van der Waals surface area contributed by atoms with Gasteiger partial charge >= 0.3 is 6.09 Å². The van der Waals surface area contributed by atoms with Crippen molar-refractivity contribution in [2.24, 2.45) is 0 Å². The van der Waals surface area contributed by atoms with Crippen LogP contribution < -0.4 is 0 Å². The highest BCUT2D eigenvalue weighted by Crippen LogP contribution is 2.37. The van der Waals surface area contributed by atoms with Crippen molar-refractivity contribution in [1.29, 1.82) is 0 Å². The Balaban J connectivity index is 2.26. The van der Waals surface area contributed by atoms with Crippen LogP contribution in [0.25, 0.3) is 0 Å². The molecule has 0 N–H and O–H groups in total. The Morgan fingerprint density at radius 1 is 1.39 bits per heavy atom. The first-order valence-electron chi connectivity index (χ1n) is 8.39. The van der Waals surface area contributed by atoms with Crippen LogP contribution >= 0.6 is 11.8 Å². The summed E-state index contributed by atoms with van der Waals surface area (Å²) in [7, 11) is 0. The molecule has 2 rings (SSSR count). The molecule has 0 saturated carbocycles. The van der Waals surface area contributed by atoms with Crippen LogP contribution in [0.1, 0.15) is 65.5 Å². The van der Waals surface area contributed by atoms with Gasteiger partial charge in [-0.15, -0.1) is 11.8 Å². The van der Waals surface area contributed by atoms with E-state index in [4.69, 9.17) is 4.74 Å². The van der Waals surface area contributed by atoms with Crippen LogP contribution in [0.5, 0.6) is 0 Å². The number of ether oxygens (including phenoxy) is 1. The second-order valence-electron chi connectivity index (χ2n) is 7.25. The number of pyridine rings is 1. The van der Waals surface area contributed by atoms with Gasteiger partial charge < -0.3 is 9.64 Å². The first-order chi connectivity index (χ1) is 10.8. The van der Waals surface area contributed by atoms with Gasteiger partial charge in [0.1, 0.15) is 10.6 Å². The summed E-state index contributed by atoms with van der Waals surface area (Å²) in [5, 5.41) is 1.49. The summed E-state index contributed by atoms with van der Waals surface area (Å²) in [6, 6.07) is 4.13. The fraction of sp³-hybridized carbons (Fsp3) is 0.667. The Labute approximate surface area is 144 Å². The monoisotopic (exact) mass is 336 g/mol. The molecule has 1 aromatic rings. The topological polar surface area (TPSA) is 42.4 Å². The van der Waals surface area contributed by atoms with Gasteiger partial charge in [-0.25, -0.2) is 9.78 Å². The Morgan fingerprint density at radius 2 is 2.13 bits per heavy atom. The molecule has 1 aromatic heterocycles.